The number of halogens is 2. The lowest BCUT2D eigenvalue weighted by atomic mass is 10.0. The Morgan fingerprint density at radius 1 is 1.20 bits per heavy atom. The molecule has 0 aliphatic heterocycles. The molecule has 0 atom stereocenters. The lowest BCUT2D eigenvalue weighted by Gasteiger charge is -2.18. The molecule has 0 heterocycles. The second-order valence-corrected chi connectivity index (χ2v) is 8.37. The van der Waals surface area contributed by atoms with Gasteiger partial charge in [-0.25, -0.2) is 5.43 Å². The van der Waals surface area contributed by atoms with E-state index in [4.69, 9.17) is 14.2 Å². The summed E-state index contributed by atoms with van der Waals surface area (Å²) in [5.74, 6) is 0.813. The second kappa shape index (κ2) is 10.7. The Morgan fingerprint density at radius 3 is 2.33 bits per heavy atom. The summed E-state index contributed by atoms with van der Waals surface area (Å²) in [5.41, 5.74) is 4.98. The van der Waals surface area contributed by atoms with E-state index in [1.54, 1.807) is 12.1 Å². The van der Waals surface area contributed by atoms with Gasteiger partial charge in [0.1, 0.15) is 5.75 Å². The second-order valence-electron chi connectivity index (χ2n) is 6.73. The number of carbonyl (C=O) groups excluding carboxylic acids is 1. The van der Waals surface area contributed by atoms with Crippen molar-refractivity contribution in [2.45, 2.75) is 26.7 Å². The molecule has 0 aliphatic rings. The minimum Gasteiger partial charge on any atom is -0.502 e. The summed E-state index contributed by atoms with van der Waals surface area (Å²) < 4.78 is 17.8. The van der Waals surface area contributed by atoms with Gasteiger partial charge in [0.2, 0.25) is 5.75 Å². The smallest absolute Gasteiger partial charge is 0.277 e. The van der Waals surface area contributed by atoms with Crippen LogP contribution in [0.15, 0.2) is 32.2 Å². The molecular weight excluding hydrogens is 520 g/mol. The van der Waals surface area contributed by atoms with Crippen LogP contribution in [0.4, 0.5) is 0 Å². The number of nitrogens with zero attached hydrogens (tertiary/aromatic N) is 1. The third-order valence-corrected chi connectivity index (χ3v) is 6.08. The molecule has 0 saturated heterocycles. The van der Waals surface area contributed by atoms with Gasteiger partial charge in [-0.2, -0.15) is 5.10 Å². The van der Waals surface area contributed by atoms with Crippen LogP contribution in [0.3, 0.4) is 0 Å². The number of benzene rings is 2. The summed E-state index contributed by atoms with van der Waals surface area (Å²) in [6.07, 6.45) is 1.42. The normalized spacial score (nSPS) is 11.1. The number of hydrogen-bond donors (Lipinski definition) is 2. The van der Waals surface area contributed by atoms with Gasteiger partial charge in [-0.1, -0.05) is 29.8 Å². The molecule has 0 fully saturated rings. The Morgan fingerprint density at radius 2 is 1.80 bits per heavy atom. The fourth-order valence-electron chi connectivity index (χ4n) is 2.62. The van der Waals surface area contributed by atoms with Gasteiger partial charge in [-0.3, -0.25) is 4.79 Å². The fraction of sp³-hybridized carbons (Fsp3) is 0.333. The highest BCUT2D eigenvalue weighted by molar-refractivity contribution is 9.11. The van der Waals surface area contributed by atoms with Crippen molar-refractivity contribution in [3.05, 3.63) is 43.8 Å². The predicted molar refractivity (Wildman–Crippen MR) is 123 cm³/mol. The van der Waals surface area contributed by atoms with Gasteiger partial charge in [-0.05, 0) is 58.1 Å². The molecule has 0 radical (unpaired) electrons. The number of methoxy groups -OCH3 is 2. The van der Waals surface area contributed by atoms with Crippen LogP contribution in [0.1, 0.15) is 36.5 Å². The SMILES string of the molecule is COc1cc(C=NNC(=O)COc2c(C(C)C)cc(Br)c(C)c2Br)cc(OC)c1O. The number of rotatable bonds is 8. The van der Waals surface area contributed by atoms with Gasteiger partial charge >= 0.3 is 0 Å². The van der Waals surface area contributed by atoms with Gasteiger partial charge in [0.15, 0.2) is 18.1 Å². The topological polar surface area (TPSA) is 89.4 Å². The maximum atomic E-state index is 12.2. The predicted octanol–water partition coefficient (Wildman–Crippen LogP) is 4.90. The maximum absolute atomic E-state index is 12.2. The number of carbonyl (C=O) groups is 1. The number of hydrazone groups is 1. The standard InChI is InChI=1S/C21H24Br2N2O5/c1-11(2)14-8-15(22)12(3)19(23)21(14)30-10-18(26)25-24-9-13-6-16(28-4)20(27)17(7-13)29-5/h6-9,11,27H,10H2,1-5H3,(H,25,26). The number of ether oxygens (including phenoxy) is 3. The van der Waals surface area contributed by atoms with Crippen LogP contribution in [0.2, 0.25) is 0 Å². The number of nitrogens with one attached hydrogen (secondary N) is 1. The molecule has 9 heteroatoms. The molecule has 2 aromatic carbocycles. The minimum absolute atomic E-state index is 0.106. The van der Waals surface area contributed by atoms with Crippen molar-refractivity contribution in [1.29, 1.82) is 0 Å². The van der Waals surface area contributed by atoms with Gasteiger partial charge in [-0.15, -0.1) is 0 Å². The van der Waals surface area contributed by atoms with E-state index >= 15 is 0 Å². The van der Waals surface area contributed by atoms with E-state index in [2.05, 4.69) is 56.2 Å². The number of amides is 1. The first-order valence-electron chi connectivity index (χ1n) is 9.07. The molecule has 0 saturated carbocycles. The van der Waals surface area contributed by atoms with Crippen molar-refractivity contribution in [2.24, 2.45) is 5.10 Å². The van der Waals surface area contributed by atoms with Gasteiger partial charge < -0.3 is 19.3 Å². The molecule has 162 valence electrons. The van der Waals surface area contributed by atoms with E-state index in [-0.39, 0.29) is 29.8 Å². The third kappa shape index (κ3) is 5.66. The molecule has 30 heavy (non-hydrogen) atoms. The van der Waals surface area contributed by atoms with Crippen LogP contribution in [0.5, 0.6) is 23.0 Å². The van der Waals surface area contributed by atoms with E-state index in [1.807, 2.05) is 13.0 Å². The van der Waals surface area contributed by atoms with E-state index in [0.717, 1.165) is 20.1 Å². The first kappa shape index (κ1) is 24.0. The van der Waals surface area contributed by atoms with E-state index < -0.39 is 5.91 Å². The molecule has 0 unspecified atom stereocenters. The van der Waals surface area contributed by atoms with Crippen LogP contribution in [0, 0.1) is 6.92 Å². The van der Waals surface area contributed by atoms with Crippen molar-refractivity contribution >= 4 is 44.0 Å². The van der Waals surface area contributed by atoms with Crippen molar-refractivity contribution in [3.8, 4) is 23.0 Å². The van der Waals surface area contributed by atoms with Gasteiger partial charge in [0.05, 0.1) is 24.9 Å². The van der Waals surface area contributed by atoms with Gasteiger partial charge in [0.25, 0.3) is 5.91 Å². The zero-order valence-corrected chi connectivity index (χ0v) is 20.5. The Balaban J connectivity index is 2.07. The number of hydrogen-bond acceptors (Lipinski definition) is 6. The van der Waals surface area contributed by atoms with Crippen molar-refractivity contribution in [2.75, 3.05) is 20.8 Å². The summed E-state index contributed by atoms with van der Waals surface area (Å²) in [6.45, 7) is 5.87. The Bertz CT molecular complexity index is 936. The molecule has 7 nitrogen and oxygen atoms in total. The molecule has 0 aliphatic carbocycles. The zero-order chi connectivity index (χ0) is 22.4. The Labute approximate surface area is 192 Å². The van der Waals surface area contributed by atoms with Crippen LogP contribution in [0.25, 0.3) is 0 Å². The summed E-state index contributed by atoms with van der Waals surface area (Å²) in [5, 5.41) is 13.9. The fourth-order valence-corrected chi connectivity index (χ4v) is 3.89. The van der Waals surface area contributed by atoms with E-state index in [9.17, 15) is 9.90 Å². The molecule has 0 aromatic heterocycles. The number of aromatic hydroxyl groups is 1. The average molecular weight is 544 g/mol. The number of phenols is 1. The molecule has 2 rings (SSSR count). The summed E-state index contributed by atoms with van der Waals surface area (Å²) >= 11 is 7.10. The van der Waals surface area contributed by atoms with Crippen molar-refractivity contribution in [1.82, 2.24) is 5.43 Å². The molecule has 0 bridgehead atoms. The zero-order valence-electron chi connectivity index (χ0n) is 17.4. The third-order valence-electron chi connectivity index (χ3n) is 4.31. The first-order chi connectivity index (χ1) is 14.2. The summed E-state index contributed by atoms with van der Waals surface area (Å²) in [6, 6.07) is 5.14. The van der Waals surface area contributed by atoms with Crippen LogP contribution in [-0.4, -0.2) is 38.1 Å². The lowest BCUT2D eigenvalue weighted by Crippen LogP contribution is -2.25. The molecular formula is C21H24Br2N2O5. The Hall–Kier alpha value is -2.26. The first-order valence-corrected chi connectivity index (χ1v) is 10.7. The highest BCUT2D eigenvalue weighted by Crippen LogP contribution is 2.40. The van der Waals surface area contributed by atoms with Crippen LogP contribution in [-0.2, 0) is 4.79 Å². The quantitative estimate of drug-likeness (QED) is 0.365. The summed E-state index contributed by atoms with van der Waals surface area (Å²) in [4.78, 5) is 12.2. The van der Waals surface area contributed by atoms with Crippen LogP contribution >= 0.6 is 31.9 Å². The lowest BCUT2D eigenvalue weighted by molar-refractivity contribution is -0.123. The largest absolute Gasteiger partial charge is 0.502 e. The minimum atomic E-state index is -0.411. The van der Waals surface area contributed by atoms with Crippen molar-refractivity contribution in [3.63, 3.8) is 0 Å². The average Bonchev–Trinajstić information content (AvgIpc) is 2.71. The molecule has 2 N–H and O–H groups in total. The summed E-state index contributed by atoms with van der Waals surface area (Å²) in [7, 11) is 2.86. The maximum Gasteiger partial charge on any atom is 0.277 e. The van der Waals surface area contributed by atoms with E-state index in [0.29, 0.717) is 11.3 Å². The molecule has 1 amide bonds. The highest BCUT2D eigenvalue weighted by atomic mass is 79.9. The van der Waals surface area contributed by atoms with Crippen LogP contribution < -0.4 is 19.6 Å². The van der Waals surface area contributed by atoms with Crippen molar-refractivity contribution < 1.29 is 24.1 Å². The van der Waals surface area contributed by atoms with E-state index in [1.165, 1.54) is 20.4 Å². The Kier molecular flexibility index (Phi) is 8.54. The highest BCUT2D eigenvalue weighted by Gasteiger charge is 2.17. The number of phenolic OH excluding ortho intramolecular Hbond substituents is 1. The monoisotopic (exact) mass is 542 g/mol. The molecule has 2 aromatic rings. The van der Waals surface area contributed by atoms with Gasteiger partial charge in [0, 0.05) is 10.0 Å². The molecule has 0 spiro atoms.